The van der Waals surface area contributed by atoms with Gasteiger partial charge in [-0.25, -0.2) is 4.79 Å². The van der Waals surface area contributed by atoms with Crippen LogP contribution in [-0.2, 0) is 24.0 Å². The summed E-state index contributed by atoms with van der Waals surface area (Å²) in [7, 11) is 1.39. The third-order valence-corrected chi connectivity index (χ3v) is 3.69. The topological polar surface area (TPSA) is 46.5 Å². The van der Waals surface area contributed by atoms with E-state index in [2.05, 4.69) is 24.3 Å². The molecule has 0 saturated heterocycles. The van der Waals surface area contributed by atoms with Crippen LogP contribution < -0.4 is 0 Å². The summed E-state index contributed by atoms with van der Waals surface area (Å²) < 4.78 is 4.69. The molecule has 0 aliphatic carbocycles. The van der Waals surface area contributed by atoms with E-state index in [9.17, 15) is 4.79 Å². The first-order valence-electron chi connectivity index (χ1n) is 7.59. The highest BCUT2D eigenvalue weighted by Gasteiger charge is 2.04. The van der Waals surface area contributed by atoms with Crippen LogP contribution in [-0.4, -0.2) is 24.8 Å². The first-order chi connectivity index (χ1) is 10.7. The van der Waals surface area contributed by atoms with E-state index >= 15 is 0 Å². The summed E-state index contributed by atoms with van der Waals surface area (Å²) >= 11 is 0. The monoisotopic (exact) mass is 298 g/mol. The lowest BCUT2D eigenvalue weighted by Crippen LogP contribution is -2.01. The molecule has 0 fully saturated rings. The largest absolute Gasteiger partial charge is 0.465 e. The zero-order valence-corrected chi connectivity index (χ0v) is 12.9. The van der Waals surface area contributed by atoms with Gasteiger partial charge in [0.05, 0.1) is 12.7 Å². The Kier molecular flexibility index (Phi) is 6.16. The Morgan fingerprint density at radius 3 is 2.23 bits per heavy atom. The van der Waals surface area contributed by atoms with Gasteiger partial charge in [-0.05, 0) is 54.5 Å². The minimum atomic E-state index is -0.303. The zero-order valence-electron chi connectivity index (χ0n) is 12.9. The lowest BCUT2D eigenvalue weighted by molar-refractivity contribution is 0.0600. The van der Waals surface area contributed by atoms with E-state index < -0.39 is 0 Å². The lowest BCUT2D eigenvalue weighted by atomic mass is 10.0. The summed E-state index contributed by atoms with van der Waals surface area (Å²) in [6, 6.07) is 16.1. The number of aliphatic hydroxyl groups excluding tert-OH is 1. The molecule has 0 bridgehead atoms. The Hall–Kier alpha value is -2.13. The van der Waals surface area contributed by atoms with E-state index in [-0.39, 0.29) is 12.6 Å². The normalized spacial score (nSPS) is 10.5. The predicted molar refractivity (Wildman–Crippen MR) is 87.0 cm³/mol. The van der Waals surface area contributed by atoms with Crippen molar-refractivity contribution in [2.75, 3.05) is 13.7 Å². The van der Waals surface area contributed by atoms with E-state index in [0.29, 0.717) is 5.56 Å². The Bertz CT molecular complexity index is 602. The summed E-state index contributed by atoms with van der Waals surface area (Å²) in [5.74, 6) is -0.303. The third-order valence-electron chi connectivity index (χ3n) is 3.69. The molecule has 2 rings (SSSR count). The number of aryl methyl sites for hydroxylation is 3. The minimum absolute atomic E-state index is 0.233. The van der Waals surface area contributed by atoms with Gasteiger partial charge >= 0.3 is 5.97 Å². The van der Waals surface area contributed by atoms with Gasteiger partial charge in [-0.2, -0.15) is 0 Å². The molecule has 0 aliphatic rings. The molecule has 0 heterocycles. The molecule has 0 radical (unpaired) electrons. The van der Waals surface area contributed by atoms with E-state index in [1.807, 2.05) is 12.1 Å². The zero-order chi connectivity index (χ0) is 15.8. The summed E-state index contributed by atoms with van der Waals surface area (Å²) in [5, 5.41) is 8.90. The molecule has 0 unspecified atom stereocenters. The van der Waals surface area contributed by atoms with Gasteiger partial charge in [0.2, 0.25) is 0 Å². The second-order valence-corrected chi connectivity index (χ2v) is 5.34. The number of hydrogen-bond acceptors (Lipinski definition) is 3. The first kappa shape index (κ1) is 16.2. The van der Waals surface area contributed by atoms with Crippen molar-refractivity contribution < 1.29 is 14.6 Å². The molecule has 0 spiro atoms. The molecule has 0 aromatic heterocycles. The molecule has 22 heavy (non-hydrogen) atoms. The summed E-state index contributed by atoms with van der Waals surface area (Å²) in [6.07, 6.45) is 3.62. The number of esters is 1. The van der Waals surface area contributed by atoms with Crippen LogP contribution in [0.1, 0.15) is 33.5 Å². The summed E-state index contributed by atoms with van der Waals surface area (Å²) in [6.45, 7) is 0.233. The molecule has 2 aromatic carbocycles. The number of benzene rings is 2. The van der Waals surface area contributed by atoms with Gasteiger partial charge < -0.3 is 9.84 Å². The van der Waals surface area contributed by atoms with Gasteiger partial charge in [-0.15, -0.1) is 0 Å². The molecular weight excluding hydrogens is 276 g/mol. The number of carbonyl (C=O) groups is 1. The van der Waals surface area contributed by atoms with Gasteiger partial charge in [-0.3, -0.25) is 0 Å². The molecular formula is C19H22O3. The number of aliphatic hydroxyl groups is 1. The van der Waals surface area contributed by atoms with E-state index in [1.165, 1.54) is 23.8 Å². The number of rotatable bonds is 7. The van der Waals surface area contributed by atoms with Crippen LogP contribution in [0.3, 0.4) is 0 Å². The van der Waals surface area contributed by atoms with Crippen LogP contribution in [0.25, 0.3) is 0 Å². The van der Waals surface area contributed by atoms with Crippen molar-refractivity contribution >= 4 is 5.97 Å². The van der Waals surface area contributed by atoms with Gasteiger partial charge in [0.1, 0.15) is 0 Å². The molecule has 0 saturated carbocycles. The second-order valence-electron chi connectivity index (χ2n) is 5.34. The van der Waals surface area contributed by atoms with Gasteiger partial charge in [-0.1, -0.05) is 36.4 Å². The van der Waals surface area contributed by atoms with Crippen molar-refractivity contribution in [2.24, 2.45) is 0 Å². The molecule has 0 atom stereocenters. The van der Waals surface area contributed by atoms with Gasteiger partial charge in [0, 0.05) is 6.61 Å². The Morgan fingerprint density at radius 2 is 1.59 bits per heavy atom. The smallest absolute Gasteiger partial charge is 0.337 e. The average Bonchev–Trinajstić information content (AvgIpc) is 2.58. The maximum Gasteiger partial charge on any atom is 0.337 e. The van der Waals surface area contributed by atoms with Crippen molar-refractivity contribution in [1.29, 1.82) is 0 Å². The van der Waals surface area contributed by atoms with Crippen molar-refractivity contribution in [3.8, 4) is 0 Å². The highest BCUT2D eigenvalue weighted by molar-refractivity contribution is 5.89. The minimum Gasteiger partial charge on any atom is -0.465 e. The van der Waals surface area contributed by atoms with E-state index in [0.717, 1.165) is 25.7 Å². The summed E-state index contributed by atoms with van der Waals surface area (Å²) in [4.78, 5) is 11.4. The van der Waals surface area contributed by atoms with Crippen molar-refractivity contribution in [1.82, 2.24) is 0 Å². The molecule has 3 nitrogen and oxygen atoms in total. The van der Waals surface area contributed by atoms with Gasteiger partial charge in [0.25, 0.3) is 0 Å². The van der Waals surface area contributed by atoms with Crippen molar-refractivity contribution in [2.45, 2.75) is 25.7 Å². The fourth-order valence-corrected chi connectivity index (χ4v) is 2.44. The van der Waals surface area contributed by atoms with Crippen LogP contribution in [0.5, 0.6) is 0 Å². The Morgan fingerprint density at radius 1 is 0.955 bits per heavy atom. The molecule has 1 N–H and O–H groups in total. The van der Waals surface area contributed by atoms with Crippen LogP contribution in [0.15, 0.2) is 48.5 Å². The Balaban J connectivity index is 1.93. The Labute approximate surface area is 131 Å². The third kappa shape index (κ3) is 4.71. The molecule has 0 aliphatic heterocycles. The molecule has 3 heteroatoms. The standard InChI is InChI=1S/C19H22O3/c1-22-19(21)18-11-9-15(10-12-18)7-8-17-5-2-4-16(14-17)6-3-13-20/h2,4-5,9-12,14,20H,3,6-8,13H2,1H3. The van der Waals surface area contributed by atoms with Crippen LogP contribution in [0.4, 0.5) is 0 Å². The molecule has 2 aromatic rings. The van der Waals surface area contributed by atoms with Crippen LogP contribution in [0, 0.1) is 0 Å². The van der Waals surface area contributed by atoms with Crippen LogP contribution in [0.2, 0.25) is 0 Å². The van der Waals surface area contributed by atoms with Gasteiger partial charge in [0.15, 0.2) is 0 Å². The molecule has 116 valence electrons. The number of methoxy groups -OCH3 is 1. The number of hydrogen-bond donors (Lipinski definition) is 1. The average molecular weight is 298 g/mol. The van der Waals surface area contributed by atoms with E-state index in [1.54, 1.807) is 12.1 Å². The number of carbonyl (C=O) groups excluding carboxylic acids is 1. The fourth-order valence-electron chi connectivity index (χ4n) is 2.44. The quantitative estimate of drug-likeness (QED) is 0.799. The molecule has 0 amide bonds. The second kappa shape index (κ2) is 8.35. The van der Waals surface area contributed by atoms with Crippen molar-refractivity contribution in [3.63, 3.8) is 0 Å². The maximum atomic E-state index is 11.4. The van der Waals surface area contributed by atoms with E-state index in [4.69, 9.17) is 9.84 Å². The maximum absolute atomic E-state index is 11.4. The first-order valence-corrected chi connectivity index (χ1v) is 7.59. The number of ether oxygens (including phenoxy) is 1. The van der Waals surface area contributed by atoms with Crippen molar-refractivity contribution in [3.05, 3.63) is 70.8 Å². The highest BCUT2D eigenvalue weighted by Crippen LogP contribution is 2.12. The highest BCUT2D eigenvalue weighted by atomic mass is 16.5. The fraction of sp³-hybridized carbons (Fsp3) is 0.316. The SMILES string of the molecule is COC(=O)c1ccc(CCc2cccc(CCCO)c2)cc1. The summed E-state index contributed by atoms with van der Waals surface area (Å²) in [5.41, 5.74) is 4.35. The van der Waals surface area contributed by atoms with Crippen LogP contribution >= 0.6 is 0 Å². The predicted octanol–water partition coefficient (Wildman–Crippen LogP) is 3.18. The lowest BCUT2D eigenvalue weighted by Gasteiger charge is -2.06.